The molecule has 1 aliphatic heterocycles. The van der Waals surface area contributed by atoms with Gasteiger partial charge in [0.1, 0.15) is 0 Å². The van der Waals surface area contributed by atoms with Gasteiger partial charge in [0.15, 0.2) is 0 Å². The molecule has 0 saturated heterocycles. The van der Waals surface area contributed by atoms with Crippen molar-refractivity contribution >= 4 is 21.5 Å². The molecule has 0 atom stereocenters. The normalized spacial score (nSPS) is 15.7. The summed E-state index contributed by atoms with van der Waals surface area (Å²) in [6.45, 7) is 0.713. The Morgan fingerprint density at radius 3 is 2.40 bits per heavy atom. The Kier molecular flexibility index (Phi) is 2.13. The highest BCUT2D eigenvalue weighted by Crippen LogP contribution is 2.35. The molecule has 82 valence electrons. The third-order valence-electron chi connectivity index (χ3n) is 2.49. The van der Waals surface area contributed by atoms with Crippen LogP contribution in [0.4, 0.5) is 11.4 Å². The van der Waals surface area contributed by atoms with Crippen molar-refractivity contribution in [1.82, 2.24) is 0 Å². The van der Waals surface area contributed by atoms with E-state index in [0.717, 1.165) is 11.4 Å². The first-order chi connectivity index (χ1) is 6.89. The van der Waals surface area contributed by atoms with Crippen LogP contribution >= 0.6 is 0 Å². The zero-order valence-corrected chi connectivity index (χ0v) is 9.32. The second-order valence-corrected chi connectivity index (χ2v) is 5.08. The quantitative estimate of drug-likeness (QED) is 0.720. The molecular formula is C9H12N2O3S. The molecule has 0 aliphatic carbocycles. The lowest BCUT2D eigenvalue weighted by atomic mass is 10.2. The maximum Gasteiger partial charge on any atom is 0.294 e. The van der Waals surface area contributed by atoms with E-state index in [9.17, 15) is 8.42 Å². The minimum absolute atomic E-state index is 0.0663. The maximum atomic E-state index is 10.9. The van der Waals surface area contributed by atoms with Crippen LogP contribution in [0, 0.1) is 0 Å². The molecule has 0 bridgehead atoms. The average molecular weight is 228 g/mol. The fraction of sp³-hybridized carbons (Fsp3) is 0.333. The van der Waals surface area contributed by atoms with Crippen molar-refractivity contribution in [3.63, 3.8) is 0 Å². The summed E-state index contributed by atoms with van der Waals surface area (Å²) in [6, 6.07) is 4.58. The van der Waals surface area contributed by atoms with Gasteiger partial charge in [-0.1, -0.05) is 0 Å². The summed E-state index contributed by atoms with van der Waals surface area (Å²) in [5.74, 6) is 0. The van der Waals surface area contributed by atoms with Gasteiger partial charge in [-0.15, -0.1) is 0 Å². The van der Waals surface area contributed by atoms with Crippen LogP contribution < -0.4 is 9.80 Å². The Bertz CT molecular complexity index is 498. The zero-order chi connectivity index (χ0) is 11.2. The van der Waals surface area contributed by atoms with Gasteiger partial charge in [0.05, 0.1) is 22.9 Å². The first-order valence-electron chi connectivity index (χ1n) is 4.43. The molecule has 1 aliphatic rings. The Morgan fingerprint density at radius 1 is 1.20 bits per heavy atom. The Labute approximate surface area is 88.7 Å². The molecule has 0 aromatic heterocycles. The molecule has 0 unspecified atom stereocenters. The molecule has 1 aromatic carbocycles. The lowest BCUT2D eigenvalue weighted by Gasteiger charge is -2.11. The summed E-state index contributed by atoms with van der Waals surface area (Å²) >= 11 is 0. The maximum absolute atomic E-state index is 10.9. The average Bonchev–Trinajstić information content (AvgIpc) is 2.41. The lowest BCUT2D eigenvalue weighted by Crippen LogP contribution is -2.23. The predicted octanol–water partition coefficient (Wildman–Crippen LogP) is 0.777. The van der Waals surface area contributed by atoms with Crippen molar-refractivity contribution in [1.29, 1.82) is 0 Å². The van der Waals surface area contributed by atoms with Crippen LogP contribution in [0.15, 0.2) is 23.1 Å². The van der Waals surface area contributed by atoms with E-state index in [1.54, 1.807) is 6.07 Å². The fourth-order valence-corrected chi connectivity index (χ4v) is 2.26. The molecule has 0 radical (unpaired) electrons. The van der Waals surface area contributed by atoms with Gasteiger partial charge in [0.25, 0.3) is 10.1 Å². The van der Waals surface area contributed by atoms with Gasteiger partial charge in [0.2, 0.25) is 0 Å². The fourth-order valence-electron chi connectivity index (χ4n) is 1.76. The van der Waals surface area contributed by atoms with Crippen molar-refractivity contribution in [2.45, 2.75) is 4.90 Å². The monoisotopic (exact) mass is 228 g/mol. The van der Waals surface area contributed by atoms with Crippen LogP contribution in [0.2, 0.25) is 0 Å². The molecule has 0 amide bonds. The number of anilines is 2. The van der Waals surface area contributed by atoms with Crippen LogP contribution in [0.1, 0.15) is 0 Å². The van der Waals surface area contributed by atoms with Crippen LogP contribution in [0.5, 0.6) is 0 Å². The van der Waals surface area contributed by atoms with E-state index in [1.807, 2.05) is 23.9 Å². The highest BCUT2D eigenvalue weighted by Gasteiger charge is 2.22. The predicted molar refractivity (Wildman–Crippen MR) is 57.9 cm³/mol. The van der Waals surface area contributed by atoms with Gasteiger partial charge in [0, 0.05) is 14.1 Å². The molecule has 1 heterocycles. The summed E-state index contributed by atoms with van der Waals surface area (Å²) in [5.41, 5.74) is 1.78. The van der Waals surface area contributed by atoms with Crippen LogP contribution in [0.3, 0.4) is 0 Å². The summed E-state index contributed by atoms with van der Waals surface area (Å²) in [4.78, 5) is 3.86. The van der Waals surface area contributed by atoms with E-state index in [-0.39, 0.29) is 4.90 Å². The minimum atomic E-state index is -4.11. The number of hydrogen-bond acceptors (Lipinski definition) is 4. The van der Waals surface area contributed by atoms with E-state index in [0.29, 0.717) is 6.67 Å². The summed E-state index contributed by atoms with van der Waals surface area (Å²) < 4.78 is 30.8. The second-order valence-electron chi connectivity index (χ2n) is 3.66. The molecule has 6 heteroatoms. The summed E-state index contributed by atoms with van der Waals surface area (Å²) in [7, 11) is -0.313. The number of rotatable bonds is 1. The molecule has 1 N–H and O–H groups in total. The van der Waals surface area contributed by atoms with E-state index < -0.39 is 10.1 Å². The zero-order valence-electron chi connectivity index (χ0n) is 8.51. The standard InChI is InChI=1S/C9H12N2O3S/c1-10-6-11(2)9-5-7(15(12,13)14)3-4-8(9)10/h3-5H,6H2,1-2H3,(H,12,13,14). The third-order valence-corrected chi connectivity index (χ3v) is 3.34. The number of benzene rings is 1. The first-order valence-corrected chi connectivity index (χ1v) is 5.87. The summed E-state index contributed by atoms with van der Waals surface area (Å²) in [5, 5.41) is 0. The van der Waals surface area contributed by atoms with Gasteiger partial charge >= 0.3 is 0 Å². The minimum Gasteiger partial charge on any atom is -0.355 e. The number of nitrogens with zero attached hydrogens (tertiary/aromatic N) is 2. The van der Waals surface area contributed by atoms with Crippen molar-refractivity contribution in [3.05, 3.63) is 18.2 Å². The Balaban J connectivity index is 2.57. The highest BCUT2D eigenvalue weighted by atomic mass is 32.2. The SMILES string of the molecule is CN1CN(C)c2cc(S(=O)(=O)O)ccc21. The van der Waals surface area contributed by atoms with E-state index >= 15 is 0 Å². The van der Waals surface area contributed by atoms with Gasteiger partial charge in [-0.2, -0.15) is 8.42 Å². The topological polar surface area (TPSA) is 60.9 Å². The van der Waals surface area contributed by atoms with Gasteiger partial charge in [-0.25, -0.2) is 0 Å². The Hall–Kier alpha value is -1.27. The molecule has 0 fully saturated rings. The van der Waals surface area contributed by atoms with Gasteiger partial charge < -0.3 is 9.80 Å². The largest absolute Gasteiger partial charge is 0.355 e. The van der Waals surface area contributed by atoms with Crippen LogP contribution in [-0.4, -0.2) is 33.7 Å². The van der Waals surface area contributed by atoms with Crippen molar-refractivity contribution in [2.24, 2.45) is 0 Å². The van der Waals surface area contributed by atoms with E-state index in [1.165, 1.54) is 12.1 Å². The molecular weight excluding hydrogens is 216 g/mol. The Morgan fingerprint density at radius 2 is 1.80 bits per heavy atom. The van der Waals surface area contributed by atoms with Crippen LogP contribution in [0.25, 0.3) is 0 Å². The van der Waals surface area contributed by atoms with E-state index in [2.05, 4.69) is 0 Å². The molecule has 2 rings (SSSR count). The molecule has 0 spiro atoms. The molecule has 1 aromatic rings. The van der Waals surface area contributed by atoms with Crippen molar-refractivity contribution in [3.8, 4) is 0 Å². The van der Waals surface area contributed by atoms with Crippen molar-refractivity contribution < 1.29 is 13.0 Å². The van der Waals surface area contributed by atoms with Gasteiger partial charge in [-0.3, -0.25) is 4.55 Å². The lowest BCUT2D eigenvalue weighted by molar-refractivity contribution is 0.483. The van der Waals surface area contributed by atoms with Gasteiger partial charge in [-0.05, 0) is 18.2 Å². The second kappa shape index (κ2) is 3.11. The number of fused-ring (bicyclic) bond motifs is 1. The molecule has 0 saturated carbocycles. The first kappa shape index (κ1) is 10.3. The van der Waals surface area contributed by atoms with Crippen molar-refractivity contribution in [2.75, 3.05) is 30.6 Å². The summed E-state index contributed by atoms with van der Waals surface area (Å²) in [6.07, 6.45) is 0. The van der Waals surface area contributed by atoms with E-state index in [4.69, 9.17) is 4.55 Å². The molecule has 5 nitrogen and oxygen atoms in total. The third kappa shape index (κ3) is 1.66. The molecule has 15 heavy (non-hydrogen) atoms. The smallest absolute Gasteiger partial charge is 0.294 e. The highest BCUT2D eigenvalue weighted by molar-refractivity contribution is 7.85. The van der Waals surface area contributed by atoms with Crippen LogP contribution in [-0.2, 0) is 10.1 Å². The number of hydrogen-bond donors (Lipinski definition) is 1.